The van der Waals surface area contributed by atoms with Crippen LogP contribution in [0.5, 0.6) is 0 Å². The fourth-order valence-electron chi connectivity index (χ4n) is 1.10. The number of unbranched alkanes of at least 4 members (excludes halogenated alkanes) is 1. The molecule has 0 aromatic heterocycles. The lowest BCUT2D eigenvalue weighted by atomic mass is 10.3. The van der Waals surface area contributed by atoms with Crippen LogP contribution in [0.3, 0.4) is 0 Å². The van der Waals surface area contributed by atoms with Crippen molar-refractivity contribution >= 4 is 5.96 Å². The monoisotopic (exact) mass is 155 g/mol. The molecule has 1 rings (SSSR count). The SMILES string of the molecule is CCCCNC1=NCCN1C. The highest BCUT2D eigenvalue weighted by molar-refractivity contribution is 5.81. The van der Waals surface area contributed by atoms with Gasteiger partial charge < -0.3 is 10.2 Å². The molecule has 64 valence electrons. The second kappa shape index (κ2) is 4.21. The predicted octanol–water partition coefficient (Wildman–Crippen LogP) is 0.677. The maximum atomic E-state index is 4.32. The van der Waals surface area contributed by atoms with E-state index in [1.165, 1.54) is 12.8 Å². The Morgan fingerprint density at radius 3 is 3.00 bits per heavy atom. The van der Waals surface area contributed by atoms with E-state index in [4.69, 9.17) is 0 Å². The minimum Gasteiger partial charge on any atom is -0.356 e. The first-order valence-corrected chi connectivity index (χ1v) is 4.34. The van der Waals surface area contributed by atoms with Crippen molar-refractivity contribution in [3.63, 3.8) is 0 Å². The Hall–Kier alpha value is -0.730. The van der Waals surface area contributed by atoms with Crippen LogP contribution in [-0.2, 0) is 0 Å². The van der Waals surface area contributed by atoms with Crippen LogP contribution < -0.4 is 5.32 Å². The van der Waals surface area contributed by atoms with Crippen molar-refractivity contribution in [2.45, 2.75) is 19.8 Å². The zero-order valence-electron chi connectivity index (χ0n) is 7.43. The summed E-state index contributed by atoms with van der Waals surface area (Å²) in [6, 6.07) is 0. The van der Waals surface area contributed by atoms with Crippen LogP contribution in [0.15, 0.2) is 4.99 Å². The largest absolute Gasteiger partial charge is 0.356 e. The van der Waals surface area contributed by atoms with Gasteiger partial charge in [-0.1, -0.05) is 13.3 Å². The maximum absolute atomic E-state index is 4.32. The smallest absolute Gasteiger partial charge is 0.193 e. The minimum absolute atomic E-state index is 0.949. The van der Waals surface area contributed by atoms with Crippen molar-refractivity contribution in [1.29, 1.82) is 0 Å². The molecule has 0 atom stereocenters. The van der Waals surface area contributed by atoms with Gasteiger partial charge in [-0.2, -0.15) is 0 Å². The lowest BCUT2D eigenvalue weighted by Crippen LogP contribution is -2.35. The van der Waals surface area contributed by atoms with Gasteiger partial charge in [0, 0.05) is 20.1 Å². The van der Waals surface area contributed by atoms with E-state index in [1.807, 2.05) is 0 Å². The van der Waals surface area contributed by atoms with Gasteiger partial charge in [0.15, 0.2) is 5.96 Å². The average Bonchev–Trinajstić information content (AvgIpc) is 2.37. The average molecular weight is 155 g/mol. The summed E-state index contributed by atoms with van der Waals surface area (Å²) in [5, 5.41) is 3.31. The van der Waals surface area contributed by atoms with Gasteiger partial charge in [-0.25, -0.2) is 0 Å². The van der Waals surface area contributed by atoms with Crippen molar-refractivity contribution in [1.82, 2.24) is 10.2 Å². The summed E-state index contributed by atoms with van der Waals surface area (Å²) in [5.74, 6) is 1.07. The van der Waals surface area contributed by atoms with Gasteiger partial charge in [-0.3, -0.25) is 4.99 Å². The Bertz CT molecular complexity index is 142. The molecule has 0 bridgehead atoms. The van der Waals surface area contributed by atoms with Gasteiger partial charge in [-0.15, -0.1) is 0 Å². The molecule has 0 radical (unpaired) electrons. The van der Waals surface area contributed by atoms with Crippen molar-refractivity contribution in [3.05, 3.63) is 0 Å². The van der Waals surface area contributed by atoms with E-state index in [0.717, 1.165) is 25.6 Å². The van der Waals surface area contributed by atoms with Gasteiger partial charge in [0.2, 0.25) is 0 Å². The molecule has 0 aliphatic carbocycles. The second-order valence-corrected chi connectivity index (χ2v) is 2.91. The third kappa shape index (κ3) is 2.41. The molecular weight excluding hydrogens is 138 g/mol. The molecule has 0 aromatic carbocycles. The third-order valence-electron chi connectivity index (χ3n) is 1.87. The summed E-state index contributed by atoms with van der Waals surface area (Å²) < 4.78 is 0. The molecule has 0 amide bonds. The van der Waals surface area contributed by atoms with Gasteiger partial charge in [0.25, 0.3) is 0 Å². The molecule has 0 fully saturated rings. The molecule has 0 aromatic rings. The summed E-state index contributed by atoms with van der Waals surface area (Å²) in [5.41, 5.74) is 0. The summed E-state index contributed by atoms with van der Waals surface area (Å²) in [4.78, 5) is 6.48. The van der Waals surface area contributed by atoms with E-state index in [2.05, 4.69) is 29.2 Å². The number of rotatable bonds is 3. The lowest BCUT2D eigenvalue weighted by molar-refractivity contribution is 0.532. The van der Waals surface area contributed by atoms with Crippen LogP contribution in [0.25, 0.3) is 0 Å². The second-order valence-electron chi connectivity index (χ2n) is 2.91. The van der Waals surface area contributed by atoms with Crippen LogP contribution in [-0.4, -0.2) is 37.5 Å². The van der Waals surface area contributed by atoms with Crippen molar-refractivity contribution in [2.24, 2.45) is 4.99 Å². The van der Waals surface area contributed by atoms with E-state index < -0.39 is 0 Å². The Kier molecular flexibility index (Phi) is 3.20. The molecule has 1 heterocycles. The summed E-state index contributed by atoms with van der Waals surface area (Å²) >= 11 is 0. The number of nitrogens with zero attached hydrogens (tertiary/aromatic N) is 2. The number of likely N-dealkylation sites (N-methyl/N-ethyl adjacent to an activating group) is 1. The Morgan fingerprint density at radius 1 is 1.64 bits per heavy atom. The first-order valence-electron chi connectivity index (χ1n) is 4.34. The molecule has 11 heavy (non-hydrogen) atoms. The third-order valence-corrected chi connectivity index (χ3v) is 1.87. The van der Waals surface area contributed by atoms with Crippen LogP contribution >= 0.6 is 0 Å². The van der Waals surface area contributed by atoms with Crippen molar-refractivity contribution in [3.8, 4) is 0 Å². The molecule has 1 N–H and O–H groups in total. The van der Waals surface area contributed by atoms with E-state index in [0.29, 0.717) is 0 Å². The van der Waals surface area contributed by atoms with E-state index >= 15 is 0 Å². The highest BCUT2D eigenvalue weighted by Crippen LogP contribution is 1.94. The zero-order chi connectivity index (χ0) is 8.10. The van der Waals surface area contributed by atoms with Crippen LogP contribution in [0.1, 0.15) is 19.8 Å². The molecule has 1 aliphatic rings. The standard InChI is InChI=1S/C8H17N3/c1-3-4-5-9-8-10-6-7-11(8)2/h3-7H2,1-2H3,(H,9,10). The first-order chi connectivity index (χ1) is 5.34. The van der Waals surface area contributed by atoms with E-state index in [-0.39, 0.29) is 0 Å². The molecule has 0 saturated carbocycles. The van der Waals surface area contributed by atoms with E-state index in [1.54, 1.807) is 0 Å². The van der Waals surface area contributed by atoms with Gasteiger partial charge in [0.05, 0.1) is 6.54 Å². The first kappa shape index (κ1) is 8.37. The van der Waals surface area contributed by atoms with Crippen LogP contribution in [0.4, 0.5) is 0 Å². The molecule has 0 spiro atoms. The van der Waals surface area contributed by atoms with Crippen molar-refractivity contribution in [2.75, 3.05) is 26.7 Å². The fourth-order valence-corrected chi connectivity index (χ4v) is 1.10. The quantitative estimate of drug-likeness (QED) is 0.607. The molecule has 3 heteroatoms. The van der Waals surface area contributed by atoms with Gasteiger partial charge in [-0.05, 0) is 6.42 Å². The highest BCUT2D eigenvalue weighted by Gasteiger charge is 2.09. The molecule has 1 aliphatic heterocycles. The maximum Gasteiger partial charge on any atom is 0.193 e. The van der Waals surface area contributed by atoms with Crippen molar-refractivity contribution < 1.29 is 0 Å². The number of nitrogens with one attached hydrogen (secondary N) is 1. The Balaban J connectivity index is 2.15. The minimum atomic E-state index is 0.949. The van der Waals surface area contributed by atoms with Crippen LogP contribution in [0.2, 0.25) is 0 Å². The molecular formula is C8H17N3. The number of aliphatic imine (C=N–C) groups is 1. The van der Waals surface area contributed by atoms with E-state index in [9.17, 15) is 0 Å². The van der Waals surface area contributed by atoms with Gasteiger partial charge >= 0.3 is 0 Å². The topological polar surface area (TPSA) is 27.6 Å². The Labute approximate surface area is 68.5 Å². The zero-order valence-corrected chi connectivity index (χ0v) is 7.43. The summed E-state index contributed by atoms with van der Waals surface area (Å²) in [6.07, 6.45) is 2.47. The predicted molar refractivity (Wildman–Crippen MR) is 47.8 cm³/mol. The molecule has 0 unspecified atom stereocenters. The lowest BCUT2D eigenvalue weighted by Gasteiger charge is -2.14. The van der Waals surface area contributed by atoms with Gasteiger partial charge in [0.1, 0.15) is 0 Å². The number of hydrogen-bond acceptors (Lipinski definition) is 3. The fraction of sp³-hybridized carbons (Fsp3) is 0.875. The molecule has 0 saturated heterocycles. The Morgan fingerprint density at radius 2 is 2.45 bits per heavy atom. The number of hydrogen-bond donors (Lipinski definition) is 1. The molecule has 3 nitrogen and oxygen atoms in total. The summed E-state index contributed by atoms with van der Waals surface area (Å²) in [7, 11) is 2.07. The number of guanidine groups is 1. The normalized spacial score (nSPS) is 16.9. The summed E-state index contributed by atoms with van der Waals surface area (Å²) in [6.45, 7) is 5.26. The highest BCUT2D eigenvalue weighted by atomic mass is 15.3. The van der Waals surface area contributed by atoms with Crippen LogP contribution in [0, 0.1) is 0 Å².